The predicted molar refractivity (Wildman–Crippen MR) is 111 cm³/mol. The predicted octanol–water partition coefficient (Wildman–Crippen LogP) is 3.55. The van der Waals surface area contributed by atoms with E-state index in [2.05, 4.69) is 0 Å². The third-order valence-corrected chi connectivity index (χ3v) is 7.03. The minimum absolute atomic E-state index is 0.0187. The molecule has 28 heavy (non-hydrogen) atoms. The summed E-state index contributed by atoms with van der Waals surface area (Å²) in [5, 5.41) is 0. The second kappa shape index (κ2) is 8.78. The molecule has 5 nitrogen and oxygen atoms in total. The van der Waals surface area contributed by atoms with Crippen LogP contribution in [0.15, 0.2) is 54.6 Å². The molecule has 2 aromatic rings. The van der Waals surface area contributed by atoms with Gasteiger partial charge in [0.05, 0.1) is 11.5 Å². The van der Waals surface area contributed by atoms with Gasteiger partial charge < -0.3 is 9.64 Å². The lowest BCUT2D eigenvalue weighted by Crippen LogP contribution is -2.48. The van der Waals surface area contributed by atoms with Gasteiger partial charge in [-0.1, -0.05) is 49.4 Å². The van der Waals surface area contributed by atoms with Crippen molar-refractivity contribution in [1.29, 1.82) is 0 Å². The molecule has 1 heterocycles. The van der Waals surface area contributed by atoms with E-state index in [4.69, 9.17) is 4.74 Å². The van der Waals surface area contributed by atoms with Crippen molar-refractivity contribution in [1.82, 2.24) is 4.90 Å². The smallest absolute Gasteiger partial charge is 0.261 e. The zero-order valence-electron chi connectivity index (χ0n) is 16.4. The van der Waals surface area contributed by atoms with Gasteiger partial charge in [-0.2, -0.15) is 0 Å². The van der Waals surface area contributed by atoms with Crippen LogP contribution < -0.4 is 4.74 Å². The zero-order chi connectivity index (χ0) is 20.1. The fraction of sp³-hybridized carbons (Fsp3) is 0.409. The highest BCUT2D eigenvalue weighted by Gasteiger charge is 2.36. The molecule has 1 saturated heterocycles. The van der Waals surface area contributed by atoms with Crippen LogP contribution >= 0.6 is 0 Å². The maximum absolute atomic E-state index is 12.8. The molecule has 0 unspecified atom stereocenters. The van der Waals surface area contributed by atoms with Crippen molar-refractivity contribution in [3.63, 3.8) is 0 Å². The number of carbonyl (C=O) groups is 1. The molecule has 0 spiro atoms. The second-order valence-corrected chi connectivity index (χ2v) is 9.52. The van der Waals surface area contributed by atoms with Crippen molar-refractivity contribution in [3.8, 4) is 16.9 Å². The fourth-order valence-electron chi connectivity index (χ4n) is 3.59. The van der Waals surface area contributed by atoms with Gasteiger partial charge in [0.1, 0.15) is 5.75 Å². The van der Waals surface area contributed by atoms with Crippen LogP contribution in [0.2, 0.25) is 0 Å². The van der Waals surface area contributed by atoms with Gasteiger partial charge in [0.25, 0.3) is 5.91 Å². The quantitative estimate of drug-likeness (QED) is 0.712. The molecular formula is C22H27NO4S. The molecule has 0 aliphatic carbocycles. The molecule has 1 aliphatic heterocycles. The van der Waals surface area contributed by atoms with Crippen LogP contribution in [0.3, 0.4) is 0 Å². The Bertz CT molecular complexity index is 894. The number of hydrogen-bond donors (Lipinski definition) is 0. The van der Waals surface area contributed by atoms with E-state index >= 15 is 0 Å². The van der Waals surface area contributed by atoms with E-state index < -0.39 is 9.84 Å². The molecule has 1 amide bonds. The first-order valence-corrected chi connectivity index (χ1v) is 11.5. The summed E-state index contributed by atoms with van der Waals surface area (Å²) in [5.41, 5.74) is 2.20. The van der Waals surface area contributed by atoms with Gasteiger partial charge >= 0.3 is 0 Å². The van der Waals surface area contributed by atoms with Crippen molar-refractivity contribution in [2.45, 2.75) is 38.8 Å². The van der Waals surface area contributed by atoms with Gasteiger partial charge in [-0.3, -0.25) is 4.79 Å². The van der Waals surface area contributed by atoms with Gasteiger partial charge in [-0.25, -0.2) is 8.42 Å². The average Bonchev–Trinajstić information content (AvgIpc) is 3.06. The molecule has 2 atom stereocenters. The topological polar surface area (TPSA) is 63.7 Å². The molecule has 6 heteroatoms. The van der Waals surface area contributed by atoms with E-state index in [1.807, 2.05) is 68.4 Å². The minimum atomic E-state index is -3.05. The maximum Gasteiger partial charge on any atom is 0.261 e. The number of sulfone groups is 1. The Morgan fingerprint density at radius 3 is 2.32 bits per heavy atom. The van der Waals surface area contributed by atoms with Crippen molar-refractivity contribution in [3.05, 3.63) is 54.6 Å². The Kier molecular flexibility index (Phi) is 6.39. The lowest BCUT2D eigenvalue weighted by atomic mass is 10.1. The van der Waals surface area contributed by atoms with Crippen molar-refractivity contribution in [2.24, 2.45) is 0 Å². The van der Waals surface area contributed by atoms with Gasteiger partial charge in [0, 0.05) is 12.1 Å². The maximum atomic E-state index is 12.8. The molecule has 0 radical (unpaired) electrons. The Labute approximate surface area is 167 Å². The molecule has 0 bridgehead atoms. The van der Waals surface area contributed by atoms with E-state index in [1.54, 1.807) is 4.90 Å². The molecule has 1 fully saturated rings. The van der Waals surface area contributed by atoms with E-state index in [9.17, 15) is 13.2 Å². The molecule has 0 saturated carbocycles. The van der Waals surface area contributed by atoms with Crippen LogP contribution in [0.5, 0.6) is 5.75 Å². The number of benzene rings is 2. The van der Waals surface area contributed by atoms with E-state index in [0.29, 0.717) is 12.2 Å². The molecule has 3 rings (SSSR count). The number of nitrogens with zero attached hydrogens (tertiary/aromatic N) is 1. The van der Waals surface area contributed by atoms with Gasteiger partial charge in [0.2, 0.25) is 0 Å². The first-order valence-electron chi connectivity index (χ1n) is 9.69. The number of carbonyl (C=O) groups excluding carboxylic acids is 1. The second-order valence-electron chi connectivity index (χ2n) is 7.29. The average molecular weight is 402 g/mol. The number of ether oxygens (including phenoxy) is 1. The first-order chi connectivity index (χ1) is 13.4. The number of amides is 1. The van der Waals surface area contributed by atoms with Crippen LogP contribution in [0.4, 0.5) is 0 Å². The molecule has 0 N–H and O–H groups in total. The van der Waals surface area contributed by atoms with Crippen molar-refractivity contribution >= 4 is 15.7 Å². The largest absolute Gasteiger partial charge is 0.484 e. The van der Waals surface area contributed by atoms with Crippen molar-refractivity contribution in [2.75, 3.05) is 18.1 Å². The number of hydrogen-bond acceptors (Lipinski definition) is 4. The molecule has 0 aromatic heterocycles. The Balaban J connectivity index is 1.64. The third kappa shape index (κ3) is 4.93. The SMILES string of the molecule is CC[C@@H](C)N(C(=O)COc1ccc(-c2ccccc2)cc1)[C@@H]1CCS(=O)(=O)C1. The van der Waals surface area contributed by atoms with Crippen LogP contribution in [-0.4, -0.2) is 49.4 Å². The van der Waals surface area contributed by atoms with Crippen LogP contribution in [-0.2, 0) is 14.6 Å². The van der Waals surface area contributed by atoms with Crippen LogP contribution in [0, 0.1) is 0 Å². The zero-order valence-corrected chi connectivity index (χ0v) is 17.2. The lowest BCUT2D eigenvalue weighted by Gasteiger charge is -2.33. The highest BCUT2D eigenvalue weighted by atomic mass is 32.2. The van der Waals surface area contributed by atoms with Gasteiger partial charge in [-0.15, -0.1) is 0 Å². The van der Waals surface area contributed by atoms with Gasteiger partial charge in [0.15, 0.2) is 16.4 Å². The van der Waals surface area contributed by atoms with E-state index in [1.165, 1.54) is 0 Å². The first kappa shape index (κ1) is 20.4. The van der Waals surface area contributed by atoms with Gasteiger partial charge in [-0.05, 0) is 43.0 Å². The fourth-order valence-corrected chi connectivity index (χ4v) is 5.31. The normalized spacial score (nSPS) is 19.1. The van der Waals surface area contributed by atoms with Crippen LogP contribution in [0.25, 0.3) is 11.1 Å². The Morgan fingerprint density at radius 2 is 1.75 bits per heavy atom. The molecule has 1 aliphatic rings. The van der Waals surface area contributed by atoms with Crippen LogP contribution in [0.1, 0.15) is 26.7 Å². The minimum Gasteiger partial charge on any atom is -0.484 e. The standard InChI is InChI=1S/C22H27NO4S/c1-3-17(2)23(20-13-14-28(25,26)16-20)22(24)15-27-21-11-9-19(10-12-21)18-7-5-4-6-8-18/h4-12,17,20H,3,13-16H2,1-2H3/t17-,20-/m1/s1. The highest BCUT2D eigenvalue weighted by Crippen LogP contribution is 2.24. The summed E-state index contributed by atoms with van der Waals surface area (Å²) in [6.07, 6.45) is 1.28. The van der Waals surface area contributed by atoms with Crippen molar-refractivity contribution < 1.29 is 17.9 Å². The summed E-state index contributed by atoms with van der Waals surface area (Å²) in [6.45, 7) is 3.86. The summed E-state index contributed by atoms with van der Waals surface area (Å²) in [6, 6.07) is 17.4. The molecule has 150 valence electrons. The summed E-state index contributed by atoms with van der Waals surface area (Å²) < 4.78 is 29.4. The molecule has 2 aromatic carbocycles. The molecular weight excluding hydrogens is 374 g/mol. The van der Waals surface area contributed by atoms with E-state index in [-0.39, 0.29) is 36.1 Å². The summed E-state index contributed by atoms with van der Waals surface area (Å²) in [7, 11) is -3.05. The monoisotopic (exact) mass is 401 g/mol. The number of rotatable bonds is 7. The Morgan fingerprint density at radius 1 is 1.11 bits per heavy atom. The lowest BCUT2D eigenvalue weighted by molar-refractivity contribution is -0.137. The summed E-state index contributed by atoms with van der Waals surface area (Å²) in [5.74, 6) is 0.661. The Hall–Kier alpha value is -2.34. The summed E-state index contributed by atoms with van der Waals surface area (Å²) in [4.78, 5) is 14.5. The summed E-state index contributed by atoms with van der Waals surface area (Å²) >= 11 is 0. The highest BCUT2D eigenvalue weighted by molar-refractivity contribution is 7.91. The van der Waals surface area contributed by atoms with E-state index in [0.717, 1.165) is 17.5 Å². The third-order valence-electron chi connectivity index (χ3n) is 5.28.